The van der Waals surface area contributed by atoms with Crippen LogP contribution in [0.2, 0.25) is 0 Å². The molecule has 0 radical (unpaired) electrons. The molecule has 0 unspecified atom stereocenters. The molecule has 2 aliphatic heterocycles. The van der Waals surface area contributed by atoms with Crippen LogP contribution >= 0.6 is 0 Å². The summed E-state index contributed by atoms with van der Waals surface area (Å²) in [6, 6.07) is 8.09. The predicted octanol–water partition coefficient (Wildman–Crippen LogP) is 2.11. The molecule has 2 aliphatic rings. The van der Waals surface area contributed by atoms with Crippen LogP contribution in [0.5, 0.6) is 5.75 Å². The van der Waals surface area contributed by atoms with Gasteiger partial charge in [-0.3, -0.25) is 4.79 Å². The Morgan fingerprint density at radius 2 is 1.79 bits per heavy atom. The Bertz CT molecular complexity index is 871. The van der Waals surface area contributed by atoms with Gasteiger partial charge in [0.15, 0.2) is 0 Å². The second kappa shape index (κ2) is 11.5. The Labute approximate surface area is 196 Å². The molecule has 1 aromatic heterocycles. The fourth-order valence-corrected chi connectivity index (χ4v) is 4.52. The van der Waals surface area contributed by atoms with Crippen LogP contribution in [0, 0.1) is 5.92 Å². The molecule has 2 fully saturated rings. The normalized spacial score (nSPS) is 18.4. The Kier molecular flexibility index (Phi) is 8.17. The summed E-state index contributed by atoms with van der Waals surface area (Å²) in [5.74, 6) is 1.58. The average Bonchev–Trinajstić information content (AvgIpc) is 3.37. The number of aromatic nitrogens is 2. The van der Waals surface area contributed by atoms with Crippen LogP contribution in [0.25, 0.3) is 11.4 Å². The molecule has 33 heavy (non-hydrogen) atoms. The fraction of sp³-hybridized carbons (Fsp3) is 0.625. The van der Waals surface area contributed by atoms with Crippen molar-refractivity contribution >= 4 is 11.9 Å². The van der Waals surface area contributed by atoms with Gasteiger partial charge < -0.3 is 29.3 Å². The topological polar surface area (TPSA) is 87.0 Å². The lowest BCUT2D eigenvalue weighted by atomic mass is 9.96. The van der Waals surface area contributed by atoms with E-state index in [1.807, 2.05) is 24.3 Å². The minimum Gasteiger partial charge on any atom is -0.497 e. The van der Waals surface area contributed by atoms with Crippen LogP contribution in [0.1, 0.15) is 26.2 Å². The smallest absolute Gasteiger partial charge is 0.324 e. The Balaban J connectivity index is 1.16. The summed E-state index contributed by atoms with van der Waals surface area (Å²) in [6.07, 6.45) is 2.60. The van der Waals surface area contributed by atoms with Gasteiger partial charge in [-0.1, -0.05) is 12.1 Å². The molecule has 1 aromatic carbocycles. The zero-order valence-electron chi connectivity index (χ0n) is 19.8. The molecule has 0 saturated carbocycles. The Morgan fingerprint density at radius 1 is 1.09 bits per heavy atom. The highest BCUT2D eigenvalue weighted by Gasteiger charge is 2.27. The van der Waals surface area contributed by atoms with Gasteiger partial charge >= 0.3 is 6.01 Å². The molecule has 0 atom stereocenters. The standard InChI is InChI=1S/C24H36N6O3/c1-3-28-15-17-29(18-16-28)12-4-11-25-23(31)20-9-13-30(14-10-20)24-26-22(27-33-24)19-5-7-21(32-2)8-6-19/h5-8,20H,3-4,9-18H2,1-2H3,(H,25,31). The van der Waals surface area contributed by atoms with Crippen molar-refractivity contribution in [2.45, 2.75) is 26.2 Å². The first kappa shape index (κ1) is 23.5. The van der Waals surface area contributed by atoms with Gasteiger partial charge in [0.05, 0.1) is 7.11 Å². The second-order valence-electron chi connectivity index (χ2n) is 8.81. The van der Waals surface area contributed by atoms with Crippen LogP contribution in [0.15, 0.2) is 28.8 Å². The third-order valence-corrected chi connectivity index (χ3v) is 6.76. The number of nitrogens with zero attached hydrogens (tertiary/aromatic N) is 5. The number of amides is 1. The zero-order chi connectivity index (χ0) is 23.0. The highest BCUT2D eigenvalue weighted by Crippen LogP contribution is 2.25. The molecular weight excluding hydrogens is 420 g/mol. The minimum absolute atomic E-state index is 0.0540. The molecular formula is C24H36N6O3. The summed E-state index contributed by atoms with van der Waals surface area (Å²) in [4.78, 5) is 24.2. The minimum atomic E-state index is 0.0540. The number of carbonyl (C=O) groups excluding carboxylic acids is 1. The Hall–Kier alpha value is -2.65. The van der Waals surface area contributed by atoms with E-state index in [0.29, 0.717) is 11.8 Å². The van der Waals surface area contributed by atoms with Gasteiger partial charge in [-0.05, 0) is 56.6 Å². The maximum atomic E-state index is 12.6. The van der Waals surface area contributed by atoms with Crippen LogP contribution in [0.3, 0.4) is 0 Å². The number of piperidine rings is 1. The number of rotatable bonds is 9. The quantitative estimate of drug-likeness (QED) is 0.574. The van der Waals surface area contributed by atoms with Gasteiger partial charge in [-0.15, -0.1) is 0 Å². The first-order chi connectivity index (χ1) is 16.2. The molecule has 2 saturated heterocycles. The molecule has 180 valence electrons. The molecule has 4 rings (SSSR count). The first-order valence-electron chi connectivity index (χ1n) is 12.1. The molecule has 9 heteroatoms. The van der Waals surface area contributed by atoms with Gasteiger partial charge in [-0.2, -0.15) is 4.98 Å². The second-order valence-corrected chi connectivity index (χ2v) is 8.81. The summed E-state index contributed by atoms with van der Waals surface area (Å²) in [5.41, 5.74) is 0.882. The number of hydrogen-bond acceptors (Lipinski definition) is 8. The zero-order valence-corrected chi connectivity index (χ0v) is 19.8. The third kappa shape index (κ3) is 6.23. The number of hydrogen-bond donors (Lipinski definition) is 1. The number of piperazine rings is 1. The monoisotopic (exact) mass is 456 g/mol. The summed E-state index contributed by atoms with van der Waals surface area (Å²) in [5, 5.41) is 7.26. The number of anilines is 1. The van der Waals surface area contributed by atoms with E-state index in [4.69, 9.17) is 9.26 Å². The molecule has 1 amide bonds. The summed E-state index contributed by atoms with van der Waals surface area (Å²) in [7, 11) is 1.64. The maximum absolute atomic E-state index is 12.6. The largest absolute Gasteiger partial charge is 0.497 e. The number of methoxy groups -OCH3 is 1. The lowest BCUT2D eigenvalue weighted by Gasteiger charge is -2.34. The predicted molar refractivity (Wildman–Crippen MR) is 127 cm³/mol. The number of likely N-dealkylation sites (N-methyl/N-ethyl adjacent to an activating group) is 1. The van der Waals surface area contributed by atoms with Crippen LogP contribution in [-0.2, 0) is 4.79 Å². The number of carbonyl (C=O) groups is 1. The highest BCUT2D eigenvalue weighted by molar-refractivity contribution is 5.78. The van der Waals surface area contributed by atoms with E-state index in [0.717, 1.165) is 89.5 Å². The highest BCUT2D eigenvalue weighted by atomic mass is 16.5. The summed E-state index contributed by atoms with van der Waals surface area (Å²) in [6.45, 7) is 11.2. The SMILES string of the molecule is CCN1CCN(CCCNC(=O)C2CCN(c3nc(-c4ccc(OC)cc4)no3)CC2)CC1. The number of nitrogens with one attached hydrogen (secondary N) is 1. The van der Waals surface area contributed by atoms with Crippen molar-refractivity contribution in [2.24, 2.45) is 5.92 Å². The van der Waals surface area contributed by atoms with Crippen molar-refractivity contribution in [1.82, 2.24) is 25.3 Å². The number of ether oxygens (including phenoxy) is 1. The molecule has 0 spiro atoms. The van der Waals surface area contributed by atoms with E-state index in [9.17, 15) is 4.79 Å². The molecule has 9 nitrogen and oxygen atoms in total. The lowest BCUT2D eigenvalue weighted by Crippen LogP contribution is -2.46. The van der Waals surface area contributed by atoms with Gasteiger partial charge in [0.2, 0.25) is 11.7 Å². The van der Waals surface area contributed by atoms with E-state index in [2.05, 4.69) is 37.1 Å². The van der Waals surface area contributed by atoms with Crippen molar-refractivity contribution in [3.63, 3.8) is 0 Å². The number of benzene rings is 1. The van der Waals surface area contributed by atoms with Crippen molar-refractivity contribution < 1.29 is 14.1 Å². The van der Waals surface area contributed by atoms with E-state index in [1.165, 1.54) is 0 Å². The van der Waals surface area contributed by atoms with Gasteiger partial charge in [-0.25, -0.2) is 0 Å². The van der Waals surface area contributed by atoms with Crippen LogP contribution in [-0.4, -0.2) is 91.9 Å². The first-order valence-corrected chi connectivity index (χ1v) is 12.1. The molecule has 1 N–H and O–H groups in total. The molecule has 0 bridgehead atoms. The third-order valence-electron chi connectivity index (χ3n) is 6.76. The molecule has 2 aromatic rings. The van der Waals surface area contributed by atoms with Gasteiger partial charge in [0.25, 0.3) is 0 Å². The Morgan fingerprint density at radius 3 is 2.45 bits per heavy atom. The van der Waals surface area contributed by atoms with Crippen LogP contribution in [0.4, 0.5) is 6.01 Å². The van der Waals surface area contributed by atoms with E-state index >= 15 is 0 Å². The van der Waals surface area contributed by atoms with Crippen molar-refractivity contribution in [3.05, 3.63) is 24.3 Å². The van der Waals surface area contributed by atoms with Gasteiger partial charge in [0.1, 0.15) is 5.75 Å². The van der Waals surface area contributed by atoms with E-state index in [-0.39, 0.29) is 11.8 Å². The average molecular weight is 457 g/mol. The summed E-state index contributed by atoms with van der Waals surface area (Å²) >= 11 is 0. The fourth-order valence-electron chi connectivity index (χ4n) is 4.52. The van der Waals surface area contributed by atoms with Crippen molar-refractivity contribution in [2.75, 3.05) is 70.9 Å². The summed E-state index contributed by atoms with van der Waals surface area (Å²) < 4.78 is 10.7. The van der Waals surface area contributed by atoms with Gasteiger partial charge in [0, 0.05) is 57.3 Å². The molecule has 0 aliphatic carbocycles. The lowest BCUT2D eigenvalue weighted by molar-refractivity contribution is -0.125. The maximum Gasteiger partial charge on any atom is 0.324 e. The van der Waals surface area contributed by atoms with Crippen molar-refractivity contribution in [3.8, 4) is 17.1 Å². The molecule has 3 heterocycles. The van der Waals surface area contributed by atoms with E-state index in [1.54, 1.807) is 7.11 Å². The van der Waals surface area contributed by atoms with Crippen LogP contribution < -0.4 is 15.0 Å². The van der Waals surface area contributed by atoms with E-state index < -0.39 is 0 Å². The van der Waals surface area contributed by atoms with Crippen molar-refractivity contribution in [1.29, 1.82) is 0 Å².